The van der Waals surface area contributed by atoms with Crippen molar-refractivity contribution in [1.82, 2.24) is 4.98 Å². The van der Waals surface area contributed by atoms with Crippen LogP contribution in [0.1, 0.15) is 23.0 Å². The number of anilines is 1. The number of aromatic nitrogens is 1. The molecular formula is C15H15ClN2O5S. The van der Waals surface area contributed by atoms with Crippen molar-refractivity contribution >= 4 is 33.3 Å². The van der Waals surface area contributed by atoms with Crippen LogP contribution in [0.3, 0.4) is 0 Å². The smallest absolute Gasteiger partial charge is 0.339 e. The van der Waals surface area contributed by atoms with E-state index in [9.17, 15) is 18.3 Å². The van der Waals surface area contributed by atoms with E-state index >= 15 is 0 Å². The molecule has 0 fully saturated rings. The number of aromatic hydroxyl groups is 1. The molecule has 2 aromatic rings. The summed E-state index contributed by atoms with van der Waals surface area (Å²) >= 11 is 5.74. The molecule has 9 heteroatoms. The van der Waals surface area contributed by atoms with Gasteiger partial charge in [-0.1, -0.05) is 17.7 Å². The lowest BCUT2D eigenvalue weighted by Crippen LogP contribution is -2.15. The molecule has 0 bridgehead atoms. The summed E-state index contributed by atoms with van der Waals surface area (Å²) < 4.78 is 32.1. The minimum absolute atomic E-state index is 0.0898. The number of ether oxygens (including phenoxy) is 1. The molecule has 0 unspecified atom stereocenters. The molecule has 2 N–H and O–H groups in total. The van der Waals surface area contributed by atoms with Gasteiger partial charge in [0.2, 0.25) is 0 Å². The van der Waals surface area contributed by atoms with Crippen molar-refractivity contribution in [3.8, 4) is 5.75 Å². The van der Waals surface area contributed by atoms with Crippen LogP contribution in [0.2, 0.25) is 5.02 Å². The zero-order valence-electron chi connectivity index (χ0n) is 12.9. The number of benzene rings is 1. The van der Waals surface area contributed by atoms with Crippen LogP contribution in [0, 0.1) is 6.92 Å². The van der Waals surface area contributed by atoms with Crippen molar-refractivity contribution in [3.63, 3.8) is 0 Å². The van der Waals surface area contributed by atoms with Gasteiger partial charge in [-0.05, 0) is 32.0 Å². The van der Waals surface area contributed by atoms with Crippen LogP contribution in [-0.4, -0.2) is 31.1 Å². The Morgan fingerprint density at radius 1 is 1.42 bits per heavy atom. The summed E-state index contributed by atoms with van der Waals surface area (Å²) in [5, 5.41) is 9.76. The second-order valence-corrected chi connectivity index (χ2v) is 6.83. The molecule has 0 aliphatic carbocycles. The van der Waals surface area contributed by atoms with Gasteiger partial charge in [0, 0.05) is 6.20 Å². The van der Waals surface area contributed by atoms with Crippen LogP contribution in [-0.2, 0) is 14.8 Å². The van der Waals surface area contributed by atoms with Gasteiger partial charge in [0.1, 0.15) is 4.90 Å². The van der Waals surface area contributed by atoms with Gasteiger partial charge in [-0.15, -0.1) is 0 Å². The number of carbonyl (C=O) groups excluding carboxylic acids is 1. The van der Waals surface area contributed by atoms with Crippen molar-refractivity contribution < 1.29 is 23.1 Å². The maximum absolute atomic E-state index is 12.5. The topological polar surface area (TPSA) is 106 Å². The molecule has 0 aliphatic heterocycles. The number of hydrogen-bond donors (Lipinski definition) is 2. The predicted molar refractivity (Wildman–Crippen MR) is 88.9 cm³/mol. The lowest BCUT2D eigenvalue weighted by molar-refractivity contribution is 0.0526. The van der Waals surface area contributed by atoms with Crippen LogP contribution < -0.4 is 4.72 Å². The molecular weight excluding hydrogens is 356 g/mol. The lowest BCUT2D eigenvalue weighted by Gasteiger charge is -2.12. The van der Waals surface area contributed by atoms with E-state index in [0.29, 0.717) is 5.69 Å². The number of nitrogens with one attached hydrogen (secondary N) is 1. The van der Waals surface area contributed by atoms with E-state index in [-0.39, 0.29) is 27.8 Å². The van der Waals surface area contributed by atoms with E-state index in [2.05, 4.69) is 9.71 Å². The summed E-state index contributed by atoms with van der Waals surface area (Å²) in [6.45, 7) is 3.42. The van der Waals surface area contributed by atoms with E-state index in [1.807, 2.05) is 0 Å². The number of para-hydroxylation sites is 1. The normalized spacial score (nSPS) is 11.1. The number of halogens is 1. The maximum atomic E-state index is 12.5. The summed E-state index contributed by atoms with van der Waals surface area (Å²) in [6.07, 6.45) is 1.29. The third-order valence-electron chi connectivity index (χ3n) is 3.08. The molecule has 0 saturated heterocycles. The predicted octanol–water partition coefficient (Wildman–Crippen LogP) is 2.73. The van der Waals surface area contributed by atoms with Crippen LogP contribution in [0.25, 0.3) is 0 Å². The first-order valence-electron chi connectivity index (χ1n) is 6.90. The van der Waals surface area contributed by atoms with E-state index in [1.165, 1.54) is 30.5 Å². The number of phenols is 1. The van der Waals surface area contributed by atoms with E-state index in [0.717, 1.165) is 0 Å². The number of esters is 1. The standard InChI is InChI=1S/C15H15ClN2O5S/c1-3-23-15(20)10-7-12(9(2)17-8-10)18-24(21,22)13-6-4-5-11(16)14(13)19/h4-8,18-19H,3H2,1-2H3. The van der Waals surface area contributed by atoms with Gasteiger partial charge in [0.05, 0.1) is 28.6 Å². The first-order chi connectivity index (χ1) is 11.3. The van der Waals surface area contributed by atoms with E-state index in [4.69, 9.17) is 16.3 Å². The number of rotatable bonds is 5. The molecule has 1 heterocycles. The fraction of sp³-hybridized carbons (Fsp3) is 0.200. The molecule has 0 aliphatic rings. The molecule has 0 amide bonds. The molecule has 0 spiro atoms. The first kappa shape index (κ1) is 18.0. The Labute approximate surface area is 144 Å². The van der Waals surface area contributed by atoms with Gasteiger partial charge in [-0.2, -0.15) is 0 Å². The number of pyridine rings is 1. The Balaban J connectivity index is 2.41. The number of nitrogens with zero attached hydrogens (tertiary/aromatic N) is 1. The van der Waals surface area contributed by atoms with Crippen LogP contribution in [0.5, 0.6) is 5.75 Å². The van der Waals surface area contributed by atoms with Gasteiger partial charge in [-0.25, -0.2) is 13.2 Å². The zero-order chi connectivity index (χ0) is 17.9. The van der Waals surface area contributed by atoms with Crippen LogP contribution in [0.4, 0.5) is 5.69 Å². The number of hydrogen-bond acceptors (Lipinski definition) is 6. The van der Waals surface area contributed by atoms with Gasteiger partial charge < -0.3 is 9.84 Å². The highest BCUT2D eigenvalue weighted by Gasteiger charge is 2.22. The Morgan fingerprint density at radius 2 is 2.12 bits per heavy atom. The minimum Gasteiger partial charge on any atom is -0.505 e. The average molecular weight is 371 g/mol. The minimum atomic E-state index is -4.12. The second kappa shape index (κ2) is 7.06. The van der Waals surface area contributed by atoms with Crippen molar-refractivity contribution in [2.24, 2.45) is 0 Å². The highest BCUT2D eigenvalue weighted by molar-refractivity contribution is 7.92. The summed E-state index contributed by atoms with van der Waals surface area (Å²) in [4.78, 5) is 15.4. The van der Waals surface area contributed by atoms with Gasteiger partial charge in [0.15, 0.2) is 5.75 Å². The average Bonchev–Trinajstić information content (AvgIpc) is 2.52. The zero-order valence-corrected chi connectivity index (χ0v) is 14.5. The first-order valence-corrected chi connectivity index (χ1v) is 8.76. The quantitative estimate of drug-likeness (QED) is 0.784. The summed E-state index contributed by atoms with van der Waals surface area (Å²) in [6, 6.07) is 5.29. The highest BCUT2D eigenvalue weighted by Crippen LogP contribution is 2.32. The van der Waals surface area contributed by atoms with Gasteiger partial charge in [-0.3, -0.25) is 9.71 Å². The third-order valence-corrected chi connectivity index (χ3v) is 4.78. The molecule has 1 aromatic heterocycles. The third kappa shape index (κ3) is 3.77. The highest BCUT2D eigenvalue weighted by atomic mass is 35.5. The molecule has 1 aromatic carbocycles. The summed E-state index contributed by atoms with van der Waals surface area (Å²) in [5.41, 5.74) is 0.559. The van der Waals surface area contributed by atoms with Crippen molar-refractivity contribution in [1.29, 1.82) is 0 Å². The monoisotopic (exact) mass is 370 g/mol. The molecule has 2 rings (SSSR count). The summed E-state index contributed by atoms with van der Waals surface area (Å²) in [5.74, 6) is -1.17. The van der Waals surface area contributed by atoms with Crippen molar-refractivity contribution in [2.75, 3.05) is 11.3 Å². The largest absolute Gasteiger partial charge is 0.505 e. The molecule has 0 saturated carbocycles. The van der Waals surface area contributed by atoms with E-state index in [1.54, 1.807) is 13.8 Å². The fourth-order valence-corrected chi connectivity index (χ4v) is 3.33. The second-order valence-electron chi connectivity index (χ2n) is 4.77. The molecule has 24 heavy (non-hydrogen) atoms. The van der Waals surface area contributed by atoms with E-state index < -0.39 is 21.7 Å². The van der Waals surface area contributed by atoms with Crippen molar-refractivity contribution in [3.05, 3.63) is 46.7 Å². The molecule has 0 atom stereocenters. The molecule has 0 radical (unpaired) electrons. The number of phenolic OH excluding ortho intramolecular Hbond substituents is 1. The number of aryl methyl sites for hydroxylation is 1. The Morgan fingerprint density at radius 3 is 2.79 bits per heavy atom. The Hall–Kier alpha value is -2.32. The lowest BCUT2D eigenvalue weighted by atomic mass is 10.2. The fourth-order valence-electron chi connectivity index (χ4n) is 1.87. The van der Waals surface area contributed by atoms with Gasteiger partial charge in [0.25, 0.3) is 10.0 Å². The van der Waals surface area contributed by atoms with Crippen LogP contribution in [0.15, 0.2) is 35.4 Å². The number of sulfonamides is 1. The Kier molecular flexibility index (Phi) is 5.30. The molecule has 7 nitrogen and oxygen atoms in total. The SMILES string of the molecule is CCOC(=O)c1cnc(C)c(NS(=O)(=O)c2cccc(Cl)c2O)c1. The summed E-state index contributed by atoms with van der Waals surface area (Å²) in [7, 11) is -4.12. The number of carbonyl (C=O) groups is 1. The van der Waals surface area contributed by atoms with Crippen molar-refractivity contribution in [2.45, 2.75) is 18.7 Å². The maximum Gasteiger partial charge on any atom is 0.339 e. The van der Waals surface area contributed by atoms with Crippen LogP contribution >= 0.6 is 11.6 Å². The molecule has 128 valence electrons. The van der Waals surface area contributed by atoms with Gasteiger partial charge >= 0.3 is 5.97 Å². The Bertz CT molecular complexity index is 883.